The fourth-order valence-electron chi connectivity index (χ4n) is 1.74. The summed E-state index contributed by atoms with van der Waals surface area (Å²) in [7, 11) is 0. The van der Waals surface area contributed by atoms with Gasteiger partial charge >= 0.3 is 5.69 Å². The quantitative estimate of drug-likeness (QED) is 0.588. The molecule has 0 radical (unpaired) electrons. The van der Waals surface area contributed by atoms with E-state index < -0.39 is 28.1 Å². The molecule has 1 fully saturated rings. The van der Waals surface area contributed by atoms with Gasteiger partial charge in [0.15, 0.2) is 0 Å². The van der Waals surface area contributed by atoms with Crippen LogP contribution in [0.3, 0.4) is 0 Å². The zero-order valence-corrected chi connectivity index (χ0v) is 10.3. The molecule has 0 bridgehead atoms. The molecule has 0 aromatic carbocycles. The van der Waals surface area contributed by atoms with Gasteiger partial charge in [0.1, 0.15) is 6.10 Å². The summed E-state index contributed by atoms with van der Waals surface area (Å²) in [4.78, 5) is 24.6. The van der Waals surface area contributed by atoms with Gasteiger partial charge in [0.25, 0.3) is 5.56 Å². The van der Waals surface area contributed by atoms with E-state index in [1.165, 1.54) is 12.3 Å². The van der Waals surface area contributed by atoms with Gasteiger partial charge in [-0.2, -0.15) is 0 Å². The van der Waals surface area contributed by atoms with Crippen LogP contribution in [0.15, 0.2) is 21.9 Å². The fraction of sp³-hybridized carbons (Fsp3) is 0.556. The highest BCUT2D eigenvalue weighted by molar-refractivity contribution is 9.09. The van der Waals surface area contributed by atoms with Gasteiger partial charge < -0.3 is 14.9 Å². The first kappa shape index (κ1) is 12.5. The summed E-state index contributed by atoms with van der Waals surface area (Å²) in [5, 5.41) is 18.6. The molecular weight excluding hydrogens is 296 g/mol. The molecule has 0 amide bonds. The van der Waals surface area contributed by atoms with E-state index in [9.17, 15) is 14.7 Å². The van der Waals surface area contributed by atoms with Crippen molar-refractivity contribution in [2.24, 2.45) is 0 Å². The van der Waals surface area contributed by atoms with Gasteiger partial charge in [0.05, 0.1) is 12.7 Å². The lowest BCUT2D eigenvalue weighted by atomic mass is 10.2. The van der Waals surface area contributed by atoms with Crippen LogP contribution in [-0.2, 0) is 9.37 Å². The Hall–Kier alpha value is -0.960. The lowest BCUT2D eigenvalue weighted by Gasteiger charge is -2.23. The number of ether oxygens (including phenoxy) is 1. The Kier molecular flexibility index (Phi) is 3.21. The van der Waals surface area contributed by atoms with Crippen LogP contribution in [0.5, 0.6) is 0 Å². The van der Waals surface area contributed by atoms with Crippen LogP contribution in [0.2, 0.25) is 0 Å². The predicted molar refractivity (Wildman–Crippen MR) is 60.8 cm³/mol. The molecule has 1 saturated heterocycles. The highest BCUT2D eigenvalue weighted by atomic mass is 79.9. The topological polar surface area (TPSA) is 105 Å². The molecule has 2 heterocycles. The second-order valence-corrected chi connectivity index (χ2v) is 5.02. The molecule has 1 aromatic heterocycles. The summed E-state index contributed by atoms with van der Waals surface area (Å²) < 4.78 is 5.24. The van der Waals surface area contributed by atoms with Gasteiger partial charge in [-0.05, 0) is 15.9 Å². The van der Waals surface area contributed by atoms with Gasteiger partial charge in [-0.1, -0.05) is 0 Å². The van der Waals surface area contributed by atoms with Gasteiger partial charge in [-0.15, -0.1) is 0 Å². The largest absolute Gasteiger partial charge is 0.394 e. The van der Waals surface area contributed by atoms with E-state index in [1.54, 1.807) is 0 Å². The number of aliphatic hydroxyl groups excluding tert-OH is 2. The molecule has 17 heavy (non-hydrogen) atoms. The molecule has 8 heteroatoms. The maximum Gasteiger partial charge on any atom is 0.331 e. The summed E-state index contributed by atoms with van der Waals surface area (Å²) in [6.45, 7) is -0.355. The van der Waals surface area contributed by atoms with Crippen molar-refractivity contribution >= 4 is 15.9 Å². The summed E-state index contributed by atoms with van der Waals surface area (Å²) >= 11 is 3.20. The maximum absolute atomic E-state index is 11.6. The second kappa shape index (κ2) is 4.37. The standard InChI is InChI=1S/C9H11BrN2O5/c10-9(3-5(14)6(4-13)17-9)12-2-1-7(15)11-8(12)16/h1-2,5-6,13-14H,3-4H2,(H,11,15,16)/t5-,6+,9+/m0/s1. The zero-order valence-electron chi connectivity index (χ0n) is 8.67. The van der Waals surface area contributed by atoms with Crippen molar-refractivity contribution in [2.75, 3.05) is 6.61 Å². The number of nitrogens with one attached hydrogen (secondary N) is 1. The molecule has 3 atom stereocenters. The third kappa shape index (κ3) is 2.21. The molecule has 1 aliphatic rings. The van der Waals surface area contributed by atoms with Crippen molar-refractivity contribution in [2.45, 2.75) is 23.3 Å². The Morgan fingerprint density at radius 1 is 1.65 bits per heavy atom. The monoisotopic (exact) mass is 306 g/mol. The van der Waals surface area contributed by atoms with Crippen LogP contribution in [-0.4, -0.2) is 38.6 Å². The van der Waals surface area contributed by atoms with Crippen molar-refractivity contribution in [1.82, 2.24) is 9.55 Å². The zero-order chi connectivity index (χ0) is 12.6. The number of aromatic nitrogens is 2. The lowest BCUT2D eigenvalue weighted by Crippen LogP contribution is -2.40. The summed E-state index contributed by atoms with van der Waals surface area (Å²) in [6.07, 6.45) is -0.307. The first-order chi connectivity index (χ1) is 7.96. The number of aliphatic hydroxyl groups is 2. The Morgan fingerprint density at radius 2 is 2.35 bits per heavy atom. The number of rotatable bonds is 2. The molecule has 1 aromatic rings. The van der Waals surface area contributed by atoms with Crippen LogP contribution in [0.4, 0.5) is 0 Å². The first-order valence-electron chi connectivity index (χ1n) is 4.94. The molecule has 0 unspecified atom stereocenters. The number of hydrogen-bond donors (Lipinski definition) is 3. The highest BCUT2D eigenvalue weighted by Gasteiger charge is 2.46. The van der Waals surface area contributed by atoms with Crippen LogP contribution < -0.4 is 11.2 Å². The van der Waals surface area contributed by atoms with E-state index in [4.69, 9.17) is 9.84 Å². The number of halogens is 1. The molecule has 94 valence electrons. The van der Waals surface area contributed by atoms with Gasteiger partial charge in [-0.3, -0.25) is 14.3 Å². The minimum absolute atomic E-state index is 0.0875. The Morgan fingerprint density at radius 3 is 2.88 bits per heavy atom. The second-order valence-electron chi connectivity index (χ2n) is 3.78. The molecule has 1 aliphatic heterocycles. The van der Waals surface area contributed by atoms with E-state index >= 15 is 0 Å². The Balaban J connectivity index is 2.40. The molecular formula is C9H11BrN2O5. The SMILES string of the molecule is O=c1ccn([C@]2(Br)C[C@H](O)[C@@H](CO)O2)c(=O)[nH]1. The minimum Gasteiger partial charge on any atom is -0.394 e. The van der Waals surface area contributed by atoms with Crippen molar-refractivity contribution in [3.8, 4) is 0 Å². The van der Waals surface area contributed by atoms with E-state index in [1.807, 2.05) is 0 Å². The third-order valence-corrected chi connectivity index (χ3v) is 3.48. The normalized spacial score (nSPS) is 32.9. The fourth-order valence-corrected chi connectivity index (χ4v) is 2.59. The smallest absolute Gasteiger partial charge is 0.331 e. The van der Waals surface area contributed by atoms with Gasteiger partial charge in [0.2, 0.25) is 4.63 Å². The van der Waals surface area contributed by atoms with E-state index in [-0.39, 0.29) is 13.0 Å². The minimum atomic E-state index is -1.25. The number of H-pyrrole nitrogens is 1. The Labute approximate surface area is 104 Å². The van der Waals surface area contributed by atoms with Crippen LogP contribution >= 0.6 is 15.9 Å². The first-order valence-corrected chi connectivity index (χ1v) is 5.74. The van der Waals surface area contributed by atoms with E-state index in [2.05, 4.69) is 20.9 Å². The molecule has 0 saturated carbocycles. The molecule has 7 nitrogen and oxygen atoms in total. The van der Waals surface area contributed by atoms with Crippen molar-refractivity contribution in [1.29, 1.82) is 0 Å². The summed E-state index contributed by atoms with van der Waals surface area (Å²) in [6, 6.07) is 1.17. The Bertz CT molecular complexity index is 527. The van der Waals surface area contributed by atoms with E-state index in [0.29, 0.717) is 0 Å². The van der Waals surface area contributed by atoms with Crippen LogP contribution in [0.25, 0.3) is 0 Å². The third-order valence-electron chi connectivity index (χ3n) is 2.59. The lowest BCUT2D eigenvalue weighted by molar-refractivity contribution is -0.0608. The van der Waals surface area contributed by atoms with Crippen LogP contribution in [0, 0.1) is 0 Å². The number of nitrogens with zero attached hydrogens (tertiary/aromatic N) is 1. The molecule has 3 N–H and O–H groups in total. The average Bonchev–Trinajstić information content (AvgIpc) is 2.54. The van der Waals surface area contributed by atoms with Crippen molar-refractivity contribution in [3.05, 3.63) is 33.1 Å². The van der Waals surface area contributed by atoms with Crippen molar-refractivity contribution < 1.29 is 14.9 Å². The van der Waals surface area contributed by atoms with Gasteiger partial charge in [0, 0.05) is 18.7 Å². The average molecular weight is 307 g/mol. The summed E-state index contributed by atoms with van der Waals surface area (Å²) in [5.74, 6) is 0. The van der Waals surface area contributed by atoms with E-state index in [0.717, 1.165) is 4.57 Å². The van der Waals surface area contributed by atoms with Crippen LogP contribution in [0.1, 0.15) is 6.42 Å². The van der Waals surface area contributed by atoms with Crippen molar-refractivity contribution in [3.63, 3.8) is 0 Å². The van der Waals surface area contributed by atoms with Gasteiger partial charge in [-0.25, -0.2) is 4.79 Å². The number of aromatic amines is 1. The number of alkyl halides is 1. The molecule has 0 spiro atoms. The predicted octanol–water partition coefficient (Wildman–Crippen LogP) is -1.32. The summed E-state index contributed by atoms with van der Waals surface area (Å²) in [5.41, 5.74) is -1.17. The number of hydrogen-bond acceptors (Lipinski definition) is 5. The highest BCUT2D eigenvalue weighted by Crippen LogP contribution is 2.39. The maximum atomic E-state index is 11.6. The molecule has 2 rings (SSSR count). The molecule has 0 aliphatic carbocycles.